The molecule has 0 saturated heterocycles. The third-order valence-corrected chi connectivity index (χ3v) is 7.83. The number of aromatic nitrogens is 3. The fraction of sp³-hybridized carbons (Fsp3) is 0.300. The van der Waals surface area contributed by atoms with Crippen molar-refractivity contribution in [1.82, 2.24) is 20.1 Å². The normalized spacial score (nSPS) is 12.7. The topological polar surface area (TPSA) is 87.5 Å². The van der Waals surface area contributed by atoms with Gasteiger partial charge in [-0.25, -0.2) is 0 Å². The van der Waals surface area contributed by atoms with Gasteiger partial charge in [-0.2, -0.15) is 0 Å². The molecule has 0 aliphatic heterocycles. The van der Waals surface area contributed by atoms with Crippen LogP contribution in [0.4, 0.5) is 0 Å². The maximum atomic E-state index is 13.0. The van der Waals surface area contributed by atoms with E-state index in [1.807, 2.05) is 28.8 Å². The van der Waals surface area contributed by atoms with E-state index in [2.05, 4.69) is 59.7 Å². The Bertz CT molecular complexity index is 1470. The Kier molecular flexibility index (Phi) is 7.79. The first kappa shape index (κ1) is 26.6. The molecule has 1 amide bonds. The van der Waals surface area contributed by atoms with Gasteiger partial charge in [-0.1, -0.05) is 53.7 Å². The smallest absolute Gasteiger partial charge is 0.230 e. The zero-order chi connectivity index (χ0) is 27.5. The number of hydrogen-bond donors (Lipinski definition) is 1. The maximum absolute atomic E-state index is 13.0. The minimum atomic E-state index is -0.0256. The standard InChI is InChI=1S/C30H32N4O4S/c1-18-10-11-24(19(2)12-18)34-29(22-15-25(36-3)28(38-5)26(16-22)37-4)32-33-30(34)39-17-27(35)31-23-13-20-8-6-7-9-21(20)14-23/h6-12,15-16,23H,13-14,17H2,1-5H3,(H,31,35). The summed E-state index contributed by atoms with van der Waals surface area (Å²) in [5.41, 5.74) is 6.52. The van der Waals surface area contributed by atoms with E-state index in [1.54, 1.807) is 21.3 Å². The number of thioether (sulfide) groups is 1. The van der Waals surface area contributed by atoms with Crippen LogP contribution in [0.2, 0.25) is 0 Å². The lowest BCUT2D eigenvalue weighted by Gasteiger charge is -2.16. The van der Waals surface area contributed by atoms with Gasteiger partial charge in [-0.15, -0.1) is 10.2 Å². The van der Waals surface area contributed by atoms with E-state index in [0.717, 1.165) is 35.2 Å². The number of amides is 1. The first-order chi connectivity index (χ1) is 18.9. The van der Waals surface area contributed by atoms with Gasteiger partial charge in [-0.05, 0) is 61.6 Å². The van der Waals surface area contributed by atoms with Crippen molar-refractivity contribution in [2.75, 3.05) is 27.1 Å². The summed E-state index contributed by atoms with van der Waals surface area (Å²) in [5, 5.41) is 12.9. The van der Waals surface area contributed by atoms with E-state index in [4.69, 9.17) is 14.2 Å². The van der Waals surface area contributed by atoms with Crippen molar-refractivity contribution in [3.05, 3.63) is 76.9 Å². The Hall–Kier alpha value is -3.98. The first-order valence-electron chi connectivity index (χ1n) is 12.7. The summed E-state index contributed by atoms with van der Waals surface area (Å²) < 4.78 is 18.6. The molecule has 1 aliphatic carbocycles. The Morgan fingerprint density at radius 2 is 1.62 bits per heavy atom. The monoisotopic (exact) mass is 544 g/mol. The molecule has 1 N–H and O–H groups in total. The molecule has 0 bridgehead atoms. The number of rotatable bonds is 9. The molecule has 39 heavy (non-hydrogen) atoms. The van der Waals surface area contributed by atoms with Gasteiger partial charge in [0.2, 0.25) is 11.7 Å². The predicted octanol–water partition coefficient (Wildman–Crippen LogP) is 4.95. The molecule has 3 aromatic carbocycles. The lowest BCUT2D eigenvalue weighted by Crippen LogP contribution is -2.36. The van der Waals surface area contributed by atoms with Crippen LogP contribution in [0.5, 0.6) is 17.2 Å². The summed E-state index contributed by atoms with van der Waals surface area (Å²) in [4.78, 5) is 13.0. The zero-order valence-corrected chi connectivity index (χ0v) is 23.6. The van der Waals surface area contributed by atoms with Gasteiger partial charge in [0, 0.05) is 11.6 Å². The summed E-state index contributed by atoms with van der Waals surface area (Å²) in [6, 6.07) is 18.4. The SMILES string of the molecule is COc1cc(-c2nnc(SCC(=O)NC3Cc4ccccc4C3)n2-c2ccc(C)cc2C)cc(OC)c1OC. The fourth-order valence-electron chi connectivity index (χ4n) is 5.09. The maximum Gasteiger partial charge on any atom is 0.230 e. The van der Waals surface area contributed by atoms with Crippen LogP contribution in [0.15, 0.2) is 59.8 Å². The van der Waals surface area contributed by atoms with Gasteiger partial charge in [0.25, 0.3) is 0 Å². The van der Waals surface area contributed by atoms with Crippen LogP contribution in [-0.2, 0) is 17.6 Å². The highest BCUT2D eigenvalue weighted by Crippen LogP contribution is 2.42. The van der Waals surface area contributed by atoms with Crippen molar-refractivity contribution in [2.24, 2.45) is 0 Å². The molecular weight excluding hydrogens is 512 g/mol. The van der Waals surface area contributed by atoms with Crippen LogP contribution in [0.25, 0.3) is 17.1 Å². The average molecular weight is 545 g/mol. The Labute approximate surface area is 232 Å². The Balaban J connectivity index is 1.45. The van der Waals surface area contributed by atoms with E-state index < -0.39 is 0 Å². The fourth-order valence-corrected chi connectivity index (χ4v) is 5.85. The van der Waals surface area contributed by atoms with Crippen molar-refractivity contribution >= 4 is 17.7 Å². The molecule has 1 aromatic heterocycles. The van der Waals surface area contributed by atoms with Crippen LogP contribution in [-0.4, -0.2) is 53.8 Å². The van der Waals surface area contributed by atoms with E-state index in [-0.39, 0.29) is 17.7 Å². The van der Waals surface area contributed by atoms with Crippen molar-refractivity contribution in [3.63, 3.8) is 0 Å². The number of carbonyl (C=O) groups is 1. The molecule has 0 fully saturated rings. The second kappa shape index (κ2) is 11.4. The first-order valence-corrected chi connectivity index (χ1v) is 13.7. The van der Waals surface area contributed by atoms with Crippen molar-refractivity contribution in [1.29, 1.82) is 0 Å². The van der Waals surface area contributed by atoms with Crippen LogP contribution in [0, 0.1) is 13.8 Å². The van der Waals surface area contributed by atoms with Gasteiger partial charge >= 0.3 is 0 Å². The highest BCUT2D eigenvalue weighted by atomic mass is 32.2. The largest absolute Gasteiger partial charge is 0.493 e. The molecule has 0 unspecified atom stereocenters. The molecule has 1 aliphatic rings. The third-order valence-electron chi connectivity index (χ3n) is 6.90. The number of aryl methyl sites for hydroxylation is 2. The zero-order valence-electron chi connectivity index (χ0n) is 22.8. The number of fused-ring (bicyclic) bond motifs is 1. The number of ether oxygens (including phenoxy) is 3. The number of nitrogens with one attached hydrogen (secondary N) is 1. The number of carbonyl (C=O) groups excluding carboxylic acids is 1. The van der Waals surface area contributed by atoms with Crippen molar-refractivity contribution in [3.8, 4) is 34.3 Å². The average Bonchev–Trinajstić information content (AvgIpc) is 3.54. The Morgan fingerprint density at radius 3 is 2.21 bits per heavy atom. The summed E-state index contributed by atoms with van der Waals surface area (Å²) in [5.74, 6) is 2.35. The third kappa shape index (κ3) is 5.45. The van der Waals surface area contributed by atoms with E-state index in [0.29, 0.717) is 28.2 Å². The number of hydrogen-bond acceptors (Lipinski definition) is 7. The molecular formula is C30H32N4O4S. The van der Waals surface area contributed by atoms with Gasteiger partial charge in [0.1, 0.15) is 0 Å². The molecule has 9 heteroatoms. The van der Waals surface area contributed by atoms with Crippen LogP contribution in [0.3, 0.4) is 0 Å². The summed E-state index contributed by atoms with van der Waals surface area (Å²) in [7, 11) is 4.74. The number of nitrogens with zero attached hydrogens (tertiary/aromatic N) is 3. The van der Waals surface area contributed by atoms with Crippen LogP contribution < -0.4 is 19.5 Å². The van der Waals surface area contributed by atoms with E-state index >= 15 is 0 Å². The molecule has 0 saturated carbocycles. The molecule has 0 atom stereocenters. The molecule has 0 spiro atoms. The predicted molar refractivity (Wildman–Crippen MR) is 152 cm³/mol. The highest BCUT2D eigenvalue weighted by Gasteiger charge is 2.24. The van der Waals surface area contributed by atoms with Gasteiger partial charge < -0.3 is 19.5 Å². The van der Waals surface area contributed by atoms with Crippen LogP contribution in [0.1, 0.15) is 22.3 Å². The molecule has 5 rings (SSSR count). The lowest BCUT2D eigenvalue weighted by molar-refractivity contribution is -0.119. The van der Waals surface area contributed by atoms with Gasteiger partial charge in [0.05, 0.1) is 32.8 Å². The lowest BCUT2D eigenvalue weighted by atomic mass is 10.1. The van der Waals surface area contributed by atoms with Gasteiger partial charge in [-0.3, -0.25) is 9.36 Å². The molecule has 1 heterocycles. The molecule has 0 radical (unpaired) electrons. The van der Waals surface area contributed by atoms with Crippen LogP contribution >= 0.6 is 11.8 Å². The minimum absolute atomic E-state index is 0.0256. The summed E-state index contributed by atoms with van der Waals surface area (Å²) in [6.07, 6.45) is 1.72. The highest BCUT2D eigenvalue weighted by molar-refractivity contribution is 7.99. The second-order valence-electron chi connectivity index (χ2n) is 9.58. The molecule has 8 nitrogen and oxygen atoms in total. The molecule has 4 aromatic rings. The van der Waals surface area contributed by atoms with Gasteiger partial charge in [0.15, 0.2) is 22.5 Å². The quantitative estimate of drug-likeness (QED) is 0.298. The number of methoxy groups -OCH3 is 3. The second-order valence-corrected chi connectivity index (χ2v) is 10.5. The minimum Gasteiger partial charge on any atom is -0.493 e. The summed E-state index contributed by atoms with van der Waals surface area (Å²) in [6.45, 7) is 4.12. The van der Waals surface area contributed by atoms with E-state index in [9.17, 15) is 4.79 Å². The Morgan fingerprint density at radius 1 is 0.949 bits per heavy atom. The summed E-state index contributed by atoms with van der Waals surface area (Å²) >= 11 is 1.36. The number of benzene rings is 3. The van der Waals surface area contributed by atoms with Crippen molar-refractivity contribution in [2.45, 2.75) is 37.9 Å². The van der Waals surface area contributed by atoms with Crippen molar-refractivity contribution < 1.29 is 19.0 Å². The molecule has 202 valence electrons. The van der Waals surface area contributed by atoms with E-state index in [1.165, 1.54) is 22.9 Å².